The molecule has 2 aromatic carbocycles. The molecular weight excluding hydrogens is 480 g/mol. The topological polar surface area (TPSA) is 131 Å². The molecule has 0 aliphatic carbocycles. The number of carboxylic acid groups (broad SMARTS) is 1. The highest BCUT2D eigenvalue weighted by atomic mass is 35.5. The van der Waals surface area contributed by atoms with Crippen LogP contribution in [0.1, 0.15) is 35.3 Å². The van der Waals surface area contributed by atoms with Crippen molar-refractivity contribution in [2.24, 2.45) is 0 Å². The first-order valence-electron chi connectivity index (χ1n) is 10.6. The number of esters is 2. The van der Waals surface area contributed by atoms with Crippen LogP contribution in [-0.4, -0.2) is 69.9 Å². The summed E-state index contributed by atoms with van der Waals surface area (Å²) in [6.45, 7) is 2.11. The van der Waals surface area contributed by atoms with E-state index in [0.29, 0.717) is 21.7 Å². The van der Waals surface area contributed by atoms with Crippen LogP contribution >= 0.6 is 11.6 Å². The summed E-state index contributed by atoms with van der Waals surface area (Å²) in [5.41, 5.74) is -0.0580. The molecule has 3 atom stereocenters. The number of aliphatic carboxylic acids is 1. The van der Waals surface area contributed by atoms with E-state index in [-0.39, 0.29) is 19.0 Å². The number of rotatable bonds is 6. The van der Waals surface area contributed by atoms with Crippen molar-refractivity contribution in [3.63, 3.8) is 0 Å². The monoisotopic (exact) mass is 500 g/mol. The molecule has 0 radical (unpaired) electrons. The van der Waals surface area contributed by atoms with Gasteiger partial charge in [0.15, 0.2) is 5.66 Å². The second kappa shape index (κ2) is 9.03. The van der Waals surface area contributed by atoms with Gasteiger partial charge in [-0.2, -0.15) is 0 Å². The van der Waals surface area contributed by atoms with Crippen molar-refractivity contribution in [2.45, 2.75) is 31.7 Å². The molecule has 0 aromatic heterocycles. The normalized spacial score (nSPS) is 20.0. The molecule has 0 spiro atoms. The van der Waals surface area contributed by atoms with E-state index >= 15 is 0 Å². The van der Waals surface area contributed by atoms with Crippen LogP contribution in [0.4, 0.5) is 0 Å². The first kappa shape index (κ1) is 24.2. The largest absolute Gasteiger partial charge is 0.478 e. The second-order valence-corrected chi connectivity index (χ2v) is 8.51. The van der Waals surface area contributed by atoms with E-state index < -0.39 is 41.7 Å². The fraction of sp³-hybridized carbons (Fsp3) is 0.292. The average molecular weight is 501 g/mol. The Labute approximate surface area is 205 Å². The molecule has 1 N–H and O–H groups in total. The highest BCUT2D eigenvalue weighted by Crippen LogP contribution is 2.50. The van der Waals surface area contributed by atoms with E-state index in [0.717, 1.165) is 13.8 Å². The summed E-state index contributed by atoms with van der Waals surface area (Å²) < 4.78 is 9.95. The van der Waals surface area contributed by atoms with Gasteiger partial charge in [-0.1, -0.05) is 41.9 Å². The van der Waals surface area contributed by atoms with Crippen LogP contribution in [0.25, 0.3) is 0 Å². The predicted octanol–water partition coefficient (Wildman–Crippen LogP) is 1.79. The lowest BCUT2D eigenvalue weighted by atomic mass is 9.89. The summed E-state index contributed by atoms with van der Waals surface area (Å²) in [6.07, 6.45) is -4.08. The van der Waals surface area contributed by atoms with Gasteiger partial charge in [0.25, 0.3) is 11.8 Å². The summed E-state index contributed by atoms with van der Waals surface area (Å²) in [5, 5.41) is 10.1. The van der Waals surface area contributed by atoms with Gasteiger partial charge < -0.3 is 24.4 Å². The molecule has 2 amide bonds. The van der Waals surface area contributed by atoms with Crippen LogP contribution in [0.2, 0.25) is 5.02 Å². The lowest BCUT2D eigenvalue weighted by Crippen LogP contribution is -2.58. The van der Waals surface area contributed by atoms with Crippen molar-refractivity contribution in [2.75, 3.05) is 13.1 Å². The van der Waals surface area contributed by atoms with Crippen molar-refractivity contribution >= 4 is 41.3 Å². The molecule has 10 nitrogen and oxygen atoms in total. The van der Waals surface area contributed by atoms with Crippen LogP contribution in [0.15, 0.2) is 48.5 Å². The standard InChI is InChI=1S/C24H21ClN2O8/c1-13(28)34-19(20(23(32)33)35-14(2)29)22(31)27-12-11-26-21(30)17-5-3-4-6-18(17)24(26,27)15-7-9-16(25)10-8-15/h3-10,19-20H,11-12H2,1-2H3,(H,32,33)/t19-,20-,24+/m0/s1. The molecule has 1 saturated heterocycles. The van der Waals surface area contributed by atoms with E-state index in [9.17, 15) is 29.1 Å². The van der Waals surface area contributed by atoms with Crippen molar-refractivity contribution in [3.8, 4) is 0 Å². The van der Waals surface area contributed by atoms with Gasteiger partial charge in [-0.15, -0.1) is 0 Å². The number of nitrogens with zero attached hydrogens (tertiary/aromatic N) is 2. The highest BCUT2D eigenvalue weighted by Gasteiger charge is 2.61. The van der Waals surface area contributed by atoms with Gasteiger partial charge in [0.2, 0.25) is 12.2 Å². The Morgan fingerprint density at radius 1 is 0.943 bits per heavy atom. The van der Waals surface area contributed by atoms with E-state index in [2.05, 4.69) is 0 Å². The van der Waals surface area contributed by atoms with Crippen molar-refractivity contribution in [3.05, 3.63) is 70.2 Å². The minimum Gasteiger partial charge on any atom is -0.478 e. The van der Waals surface area contributed by atoms with Crippen molar-refractivity contribution < 1.29 is 38.6 Å². The van der Waals surface area contributed by atoms with E-state index in [4.69, 9.17) is 21.1 Å². The third-order valence-corrected chi connectivity index (χ3v) is 6.22. The number of benzene rings is 2. The molecule has 35 heavy (non-hydrogen) atoms. The lowest BCUT2D eigenvalue weighted by molar-refractivity contribution is -0.185. The molecule has 2 aliphatic rings. The van der Waals surface area contributed by atoms with E-state index in [1.807, 2.05) is 0 Å². The Kier molecular flexibility index (Phi) is 6.25. The maximum Gasteiger partial charge on any atom is 0.349 e. The van der Waals surface area contributed by atoms with Crippen LogP contribution in [0, 0.1) is 0 Å². The zero-order chi connectivity index (χ0) is 25.5. The van der Waals surface area contributed by atoms with Crippen LogP contribution in [-0.2, 0) is 34.3 Å². The molecule has 0 saturated carbocycles. The number of carbonyl (C=O) groups excluding carboxylic acids is 4. The van der Waals surface area contributed by atoms with Gasteiger partial charge >= 0.3 is 17.9 Å². The molecule has 0 bridgehead atoms. The Hall–Kier alpha value is -3.92. The fourth-order valence-corrected chi connectivity index (χ4v) is 4.87. The molecule has 2 aromatic rings. The van der Waals surface area contributed by atoms with E-state index in [1.54, 1.807) is 48.5 Å². The molecule has 11 heteroatoms. The zero-order valence-electron chi connectivity index (χ0n) is 18.8. The third kappa shape index (κ3) is 3.89. The smallest absolute Gasteiger partial charge is 0.349 e. The Balaban J connectivity index is 1.90. The highest BCUT2D eigenvalue weighted by molar-refractivity contribution is 6.30. The summed E-state index contributed by atoms with van der Waals surface area (Å²) in [4.78, 5) is 65.4. The lowest BCUT2D eigenvalue weighted by Gasteiger charge is -2.41. The van der Waals surface area contributed by atoms with Crippen LogP contribution in [0.5, 0.6) is 0 Å². The number of amides is 2. The molecule has 182 valence electrons. The summed E-state index contributed by atoms with van der Waals surface area (Å²) in [6, 6.07) is 13.3. The van der Waals surface area contributed by atoms with Gasteiger partial charge in [-0.05, 0) is 18.2 Å². The Morgan fingerprint density at radius 3 is 2.14 bits per heavy atom. The number of fused-ring (bicyclic) bond motifs is 3. The average Bonchev–Trinajstić information content (AvgIpc) is 3.31. The summed E-state index contributed by atoms with van der Waals surface area (Å²) >= 11 is 6.09. The molecular formula is C24H21ClN2O8. The van der Waals surface area contributed by atoms with Gasteiger partial charge in [-0.3, -0.25) is 19.2 Å². The number of carbonyl (C=O) groups is 5. The minimum absolute atomic E-state index is 0.00566. The third-order valence-electron chi connectivity index (χ3n) is 5.97. The number of hydrogen-bond acceptors (Lipinski definition) is 7. The molecule has 2 aliphatic heterocycles. The zero-order valence-corrected chi connectivity index (χ0v) is 19.5. The molecule has 0 unspecified atom stereocenters. The first-order chi connectivity index (χ1) is 16.6. The van der Waals surface area contributed by atoms with Crippen LogP contribution < -0.4 is 0 Å². The van der Waals surface area contributed by atoms with Crippen molar-refractivity contribution in [1.29, 1.82) is 0 Å². The Morgan fingerprint density at radius 2 is 1.54 bits per heavy atom. The fourth-order valence-electron chi connectivity index (χ4n) is 4.74. The van der Waals surface area contributed by atoms with Crippen LogP contribution in [0.3, 0.4) is 0 Å². The van der Waals surface area contributed by atoms with E-state index in [1.165, 1.54) is 9.80 Å². The second-order valence-electron chi connectivity index (χ2n) is 8.07. The number of hydrogen-bond donors (Lipinski definition) is 1. The Bertz CT molecular complexity index is 1230. The minimum atomic E-state index is -2.09. The number of carboxylic acids is 1. The van der Waals surface area contributed by atoms with Gasteiger partial charge in [-0.25, -0.2) is 4.79 Å². The molecule has 4 rings (SSSR count). The molecule has 2 heterocycles. The molecule has 1 fully saturated rings. The van der Waals surface area contributed by atoms with Crippen molar-refractivity contribution in [1.82, 2.24) is 9.80 Å². The SMILES string of the molecule is CC(=O)O[C@H](C(=O)O)[C@H](OC(C)=O)C(=O)N1CCN2C(=O)c3ccccc3[C@]21c1ccc(Cl)cc1. The quantitative estimate of drug-likeness (QED) is 0.594. The number of ether oxygens (including phenoxy) is 2. The maximum atomic E-state index is 13.9. The maximum absolute atomic E-state index is 13.9. The van der Waals surface area contributed by atoms with Gasteiger partial charge in [0.05, 0.1) is 0 Å². The summed E-state index contributed by atoms with van der Waals surface area (Å²) in [7, 11) is 0. The van der Waals surface area contributed by atoms with Gasteiger partial charge in [0, 0.05) is 48.6 Å². The first-order valence-corrected chi connectivity index (χ1v) is 11.0. The number of halogens is 1. The van der Waals surface area contributed by atoms with Gasteiger partial charge in [0.1, 0.15) is 0 Å². The predicted molar refractivity (Wildman–Crippen MR) is 120 cm³/mol. The summed E-state index contributed by atoms with van der Waals surface area (Å²) in [5.74, 6) is -4.83.